The molecule has 2 saturated heterocycles. The third kappa shape index (κ3) is 2.10. The van der Waals surface area contributed by atoms with Crippen LogP contribution in [0.5, 0.6) is 0 Å². The summed E-state index contributed by atoms with van der Waals surface area (Å²) >= 11 is 0. The number of nitrogens with zero attached hydrogens (tertiary/aromatic N) is 2. The zero-order valence-corrected chi connectivity index (χ0v) is 10.8. The van der Waals surface area contributed by atoms with Crippen molar-refractivity contribution < 1.29 is 4.79 Å². The molecule has 92 valence electrons. The molecule has 2 rings (SSSR count). The molecule has 2 heterocycles. The number of hydrogen-bond acceptors (Lipinski definition) is 2. The van der Waals surface area contributed by atoms with Crippen molar-refractivity contribution in [2.75, 3.05) is 13.1 Å². The smallest absolute Gasteiger partial charge is 0.240 e. The average Bonchev–Trinajstić information content (AvgIpc) is 2.84. The Kier molecular flexibility index (Phi) is 3.53. The molecule has 0 bridgehead atoms. The summed E-state index contributed by atoms with van der Waals surface area (Å²) in [5, 5.41) is 0. The van der Waals surface area contributed by atoms with E-state index in [1.54, 1.807) is 0 Å². The highest BCUT2D eigenvalue weighted by atomic mass is 16.2. The SMILES string of the molecule is CC(C)N1CCC[C@H]1C(=O)N1CCC[C@H]1C. The van der Waals surface area contributed by atoms with Gasteiger partial charge in [0.15, 0.2) is 0 Å². The second kappa shape index (κ2) is 4.74. The van der Waals surface area contributed by atoms with E-state index in [9.17, 15) is 4.79 Å². The highest BCUT2D eigenvalue weighted by molar-refractivity contribution is 5.82. The Morgan fingerprint density at radius 1 is 1.19 bits per heavy atom. The van der Waals surface area contributed by atoms with Crippen molar-refractivity contribution in [3.8, 4) is 0 Å². The van der Waals surface area contributed by atoms with Gasteiger partial charge in [0.2, 0.25) is 5.91 Å². The van der Waals surface area contributed by atoms with Crippen LogP contribution >= 0.6 is 0 Å². The van der Waals surface area contributed by atoms with Gasteiger partial charge in [0.05, 0.1) is 6.04 Å². The molecule has 0 radical (unpaired) electrons. The molecule has 0 aromatic heterocycles. The van der Waals surface area contributed by atoms with Crippen LogP contribution < -0.4 is 0 Å². The maximum absolute atomic E-state index is 12.5. The van der Waals surface area contributed by atoms with Gasteiger partial charge in [0.25, 0.3) is 0 Å². The molecule has 0 unspecified atom stereocenters. The van der Waals surface area contributed by atoms with Crippen LogP contribution in [0.2, 0.25) is 0 Å². The summed E-state index contributed by atoms with van der Waals surface area (Å²) in [7, 11) is 0. The van der Waals surface area contributed by atoms with Gasteiger partial charge in [-0.05, 0) is 53.0 Å². The minimum absolute atomic E-state index is 0.167. The van der Waals surface area contributed by atoms with Crippen LogP contribution in [0, 0.1) is 0 Å². The lowest BCUT2D eigenvalue weighted by molar-refractivity contribution is -0.137. The topological polar surface area (TPSA) is 23.6 Å². The molecule has 2 aliphatic heterocycles. The van der Waals surface area contributed by atoms with Gasteiger partial charge < -0.3 is 4.90 Å². The Bertz CT molecular complexity index is 265. The highest BCUT2D eigenvalue weighted by Gasteiger charge is 2.37. The lowest BCUT2D eigenvalue weighted by atomic mass is 10.1. The first kappa shape index (κ1) is 11.9. The van der Waals surface area contributed by atoms with Crippen LogP contribution in [-0.4, -0.2) is 46.9 Å². The van der Waals surface area contributed by atoms with Crippen molar-refractivity contribution in [3.05, 3.63) is 0 Å². The fourth-order valence-electron chi connectivity index (χ4n) is 3.12. The summed E-state index contributed by atoms with van der Waals surface area (Å²) in [6.45, 7) is 8.64. The van der Waals surface area contributed by atoms with E-state index in [0.29, 0.717) is 18.0 Å². The molecule has 0 spiro atoms. The predicted octanol–water partition coefficient (Wildman–Crippen LogP) is 1.87. The molecule has 1 amide bonds. The van der Waals surface area contributed by atoms with Gasteiger partial charge in [-0.15, -0.1) is 0 Å². The Morgan fingerprint density at radius 3 is 2.44 bits per heavy atom. The molecule has 0 saturated carbocycles. The van der Waals surface area contributed by atoms with E-state index in [1.807, 2.05) is 0 Å². The number of amides is 1. The van der Waals surface area contributed by atoms with Crippen LogP contribution in [-0.2, 0) is 4.79 Å². The van der Waals surface area contributed by atoms with Gasteiger partial charge in [0.1, 0.15) is 0 Å². The number of rotatable bonds is 2. The molecular weight excluding hydrogens is 200 g/mol. The van der Waals surface area contributed by atoms with Crippen molar-refractivity contribution in [2.24, 2.45) is 0 Å². The second-order valence-corrected chi connectivity index (χ2v) is 5.51. The molecule has 0 aliphatic carbocycles. The molecule has 2 fully saturated rings. The fraction of sp³-hybridized carbons (Fsp3) is 0.923. The number of likely N-dealkylation sites (tertiary alicyclic amines) is 2. The molecule has 3 heteroatoms. The summed E-state index contributed by atoms with van der Waals surface area (Å²) in [6.07, 6.45) is 4.60. The third-order valence-corrected chi connectivity index (χ3v) is 4.08. The van der Waals surface area contributed by atoms with E-state index >= 15 is 0 Å². The van der Waals surface area contributed by atoms with Crippen LogP contribution in [0.4, 0.5) is 0 Å². The molecule has 0 N–H and O–H groups in total. The normalized spacial score (nSPS) is 31.6. The summed E-state index contributed by atoms with van der Waals surface area (Å²) in [5.74, 6) is 0.385. The zero-order chi connectivity index (χ0) is 11.7. The van der Waals surface area contributed by atoms with Gasteiger partial charge in [0, 0.05) is 18.6 Å². The largest absolute Gasteiger partial charge is 0.339 e. The first-order chi connectivity index (χ1) is 7.61. The van der Waals surface area contributed by atoms with Gasteiger partial charge in [-0.25, -0.2) is 0 Å². The summed E-state index contributed by atoms with van der Waals surface area (Å²) in [5.41, 5.74) is 0. The molecule has 0 aromatic rings. The lowest BCUT2D eigenvalue weighted by Crippen LogP contribution is -2.48. The maximum atomic E-state index is 12.5. The van der Waals surface area contributed by atoms with Gasteiger partial charge in [-0.1, -0.05) is 0 Å². The molecular formula is C13H24N2O. The predicted molar refractivity (Wildman–Crippen MR) is 65.3 cm³/mol. The zero-order valence-electron chi connectivity index (χ0n) is 10.8. The number of carbonyl (C=O) groups is 1. The molecule has 16 heavy (non-hydrogen) atoms. The van der Waals surface area contributed by atoms with Crippen molar-refractivity contribution in [3.63, 3.8) is 0 Å². The van der Waals surface area contributed by atoms with E-state index in [2.05, 4.69) is 30.6 Å². The standard InChI is InChI=1S/C13H24N2O/c1-10(2)14-8-5-7-12(14)13(16)15-9-4-6-11(15)3/h10-12H,4-9H2,1-3H3/t11-,12+/m1/s1. The minimum Gasteiger partial charge on any atom is -0.339 e. The molecule has 2 atom stereocenters. The summed E-state index contributed by atoms with van der Waals surface area (Å²) < 4.78 is 0. The van der Waals surface area contributed by atoms with E-state index in [0.717, 1.165) is 19.5 Å². The fourth-order valence-corrected chi connectivity index (χ4v) is 3.12. The van der Waals surface area contributed by atoms with Crippen LogP contribution in [0.15, 0.2) is 0 Å². The van der Waals surface area contributed by atoms with Gasteiger partial charge >= 0.3 is 0 Å². The first-order valence-corrected chi connectivity index (χ1v) is 6.67. The van der Waals surface area contributed by atoms with Crippen molar-refractivity contribution in [1.82, 2.24) is 9.80 Å². The van der Waals surface area contributed by atoms with Crippen molar-refractivity contribution >= 4 is 5.91 Å². The summed E-state index contributed by atoms with van der Waals surface area (Å²) in [4.78, 5) is 16.9. The first-order valence-electron chi connectivity index (χ1n) is 6.67. The summed E-state index contributed by atoms with van der Waals surface area (Å²) in [6, 6.07) is 1.12. The number of hydrogen-bond donors (Lipinski definition) is 0. The van der Waals surface area contributed by atoms with E-state index in [4.69, 9.17) is 0 Å². The molecule has 3 nitrogen and oxygen atoms in total. The monoisotopic (exact) mass is 224 g/mol. The minimum atomic E-state index is 0.167. The third-order valence-electron chi connectivity index (χ3n) is 4.08. The second-order valence-electron chi connectivity index (χ2n) is 5.51. The lowest BCUT2D eigenvalue weighted by Gasteiger charge is -2.32. The highest BCUT2D eigenvalue weighted by Crippen LogP contribution is 2.25. The van der Waals surface area contributed by atoms with Gasteiger partial charge in [-0.2, -0.15) is 0 Å². The Labute approximate surface area is 98.8 Å². The Balaban J connectivity index is 2.03. The molecule has 2 aliphatic rings. The Morgan fingerprint density at radius 2 is 1.88 bits per heavy atom. The Hall–Kier alpha value is -0.570. The number of carbonyl (C=O) groups excluding carboxylic acids is 1. The molecule has 0 aromatic carbocycles. The quantitative estimate of drug-likeness (QED) is 0.715. The van der Waals surface area contributed by atoms with E-state index in [-0.39, 0.29) is 6.04 Å². The van der Waals surface area contributed by atoms with E-state index in [1.165, 1.54) is 19.3 Å². The van der Waals surface area contributed by atoms with Crippen LogP contribution in [0.25, 0.3) is 0 Å². The van der Waals surface area contributed by atoms with Gasteiger partial charge in [-0.3, -0.25) is 9.69 Å². The van der Waals surface area contributed by atoms with Crippen LogP contribution in [0.3, 0.4) is 0 Å². The van der Waals surface area contributed by atoms with Crippen LogP contribution in [0.1, 0.15) is 46.5 Å². The van der Waals surface area contributed by atoms with Crippen molar-refractivity contribution in [1.29, 1.82) is 0 Å². The average molecular weight is 224 g/mol. The van der Waals surface area contributed by atoms with E-state index < -0.39 is 0 Å². The van der Waals surface area contributed by atoms with Crippen molar-refractivity contribution in [2.45, 2.75) is 64.6 Å². The maximum Gasteiger partial charge on any atom is 0.240 e.